The highest BCUT2D eigenvalue weighted by Crippen LogP contribution is 2.29. The van der Waals surface area contributed by atoms with E-state index in [2.05, 4.69) is 19.1 Å². The van der Waals surface area contributed by atoms with E-state index in [-0.39, 0.29) is 18.6 Å². The molecule has 96 valence electrons. The summed E-state index contributed by atoms with van der Waals surface area (Å²) in [6, 6.07) is 10.4. The summed E-state index contributed by atoms with van der Waals surface area (Å²) in [6.45, 7) is 2.27. The van der Waals surface area contributed by atoms with Crippen LogP contribution < -0.4 is 0 Å². The molecule has 0 bridgehead atoms. The van der Waals surface area contributed by atoms with E-state index in [0.717, 1.165) is 32.1 Å². The molecule has 1 aromatic rings. The van der Waals surface area contributed by atoms with Crippen molar-refractivity contribution in [3.05, 3.63) is 35.9 Å². The molecule has 0 saturated heterocycles. The van der Waals surface area contributed by atoms with Gasteiger partial charge in [0.15, 0.2) is 0 Å². The number of aliphatic hydroxyl groups excluding tert-OH is 2. The van der Waals surface area contributed by atoms with Crippen molar-refractivity contribution >= 4 is 0 Å². The van der Waals surface area contributed by atoms with E-state index in [1.54, 1.807) is 0 Å². The first-order chi connectivity index (χ1) is 8.26. The maximum atomic E-state index is 9.44. The van der Waals surface area contributed by atoms with Gasteiger partial charge in [0.1, 0.15) is 0 Å². The molecular formula is C15H24O2. The molecule has 0 amide bonds. The van der Waals surface area contributed by atoms with Crippen molar-refractivity contribution in [3.8, 4) is 0 Å². The van der Waals surface area contributed by atoms with E-state index < -0.39 is 0 Å². The van der Waals surface area contributed by atoms with Crippen LogP contribution in [0.15, 0.2) is 30.3 Å². The molecule has 0 aliphatic rings. The number of aryl methyl sites for hydroxylation is 1. The summed E-state index contributed by atoms with van der Waals surface area (Å²) < 4.78 is 0. The van der Waals surface area contributed by atoms with Crippen LogP contribution in [0.2, 0.25) is 0 Å². The third-order valence-electron chi connectivity index (χ3n) is 3.47. The van der Waals surface area contributed by atoms with Crippen molar-refractivity contribution in [2.24, 2.45) is 5.41 Å². The second kappa shape index (κ2) is 7.46. The molecule has 1 aromatic carbocycles. The minimum atomic E-state index is -0.274. The van der Waals surface area contributed by atoms with Crippen molar-refractivity contribution < 1.29 is 10.2 Å². The molecule has 2 N–H and O–H groups in total. The average Bonchev–Trinajstić information content (AvgIpc) is 2.39. The van der Waals surface area contributed by atoms with E-state index in [4.69, 9.17) is 0 Å². The molecule has 0 radical (unpaired) electrons. The van der Waals surface area contributed by atoms with Crippen molar-refractivity contribution in [3.63, 3.8) is 0 Å². The molecule has 1 rings (SSSR count). The average molecular weight is 236 g/mol. The maximum Gasteiger partial charge on any atom is 0.0509 e. The molecule has 0 atom stereocenters. The molecule has 2 heteroatoms. The number of hydrogen-bond acceptors (Lipinski definition) is 2. The van der Waals surface area contributed by atoms with Gasteiger partial charge in [-0.05, 0) is 31.2 Å². The Kier molecular flexibility index (Phi) is 6.23. The van der Waals surface area contributed by atoms with Crippen LogP contribution in [0.1, 0.15) is 38.2 Å². The van der Waals surface area contributed by atoms with Crippen LogP contribution in [0.5, 0.6) is 0 Å². The fourth-order valence-corrected chi connectivity index (χ4v) is 2.33. The van der Waals surface area contributed by atoms with E-state index in [1.807, 2.05) is 18.2 Å². The molecule has 0 spiro atoms. The van der Waals surface area contributed by atoms with Gasteiger partial charge in [-0.3, -0.25) is 0 Å². The third kappa shape index (κ3) is 4.49. The van der Waals surface area contributed by atoms with Gasteiger partial charge in [-0.2, -0.15) is 0 Å². The summed E-state index contributed by atoms with van der Waals surface area (Å²) in [6.07, 6.45) is 4.83. The molecule has 0 aliphatic carbocycles. The van der Waals surface area contributed by atoms with Crippen molar-refractivity contribution in [1.82, 2.24) is 0 Å². The second-order valence-electron chi connectivity index (χ2n) is 4.91. The van der Waals surface area contributed by atoms with E-state index >= 15 is 0 Å². The van der Waals surface area contributed by atoms with Crippen molar-refractivity contribution in [1.29, 1.82) is 0 Å². The van der Waals surface area contributed by atoms with Crippen molar-refractivity contribution in [2.75, 3.05) is 13.2 Å². The lowest BCUT2D eigenvalue weighted by molar-refractivity contribution is 0.0375. The lowest BCUT2D eigenvalue weighted by Gasteiger charge is -2.29. The third-order valence-corrected chi connectivity index (χ3v) is 3.47. The standard InChI is InChI=1S/C15H24O2/c1-2-10-15(12-16,13-17)11-6-9-14-7-4-3-5-8-14/h3-5,7-8,16-17H,2,6,9-13H2,1H3. The first-order valence-electron chi connectivity index (χ1n) is 6.52. The Morgan fingerprint density at radius 1 is 1.00 bits per heavy atom. The maximum absolute atomic E-state index is 9.44. The smallest absolute Gasteiger partial charge is 0.0509 e. The highest BCUT2D eigenvalue weighted by molar-refractivity contribution is 5.14. The molecule has 0 aliphatic heterocycles. The van der Waals surface area contributed by atoms with Crippen LogP contribution in [0.25, 0.3) is 0 Å². The Morgan fingerprint density at radius 2 is 1.65 bits per heavy atom. The van der Waals surface area contributed by atoms with Gasteiger partial charge in [-0.25, -0.2) is 0 Å². The largest absolute Gasteiger partial charge is 0.396 e. The fourth-order valence-electron chi connectivity index (χ4n) is 2.33. The van der Waals surface area contributed by atoms with Gasteiger partial charge in [0, 0.05) is 5.41 Å². The van der Waals surface area contributed by atoms with Gasteiger partial charge in [-0.1, -0.05) is 43.7 Å². The zero-order valence-corrected chi connectivity index (χ0v) is 10.7. The molecule has 17 heavy (non-hydrogen) atoms. The Morgan fingerprint density at radius 3 is 2.18 bits per heavy atom. The van der Waals surface area contributed by atoms with Gasteiger partial charge in [-0.15, -0.1) is 0 Å². The monoisotopic (exact) mass is 236 g/mol. The predicted octanol–water partition coefficient (Wildman–Crippen LogP) is 2.78. The fraction of sp³-hybridized carbons (Fsp3) is 0.600. The SMILES string of the molecule is CCCC(CO)(CO)CCCc1ccccc1. The molecule has 0 heterocycles. The summed E-state index contributed by atoms with van der Waals surface area (Å²) >= 11 is 0. The van der Waals surface area contributed by atoms with Crippen LogP contribution >= 0.6 is 0 Å². The summed E-state index contributed by atoms with van der Waals surface area (Å²) in [5.41, 5.74) is 1.05. The van der Waals surface area contributed by atoms with Gasteiger partial charge >= 0.3 is 0 Å². The first kappa shape index (κ1) is 14.2. The van der Waals surface area contributed by atoms with Crippen LogP contribution in [0.4, 0.5) is 0 Å². The van der Waals surface area contributed by atoms with Crippen LogP contribution in [-0.4, -0.2) is 23.4 Å². The van der Waals surface area contributed by atoms with Crippen LogP contribution in [-0.2, 0) is 6.42 Å². The van der Waals surface area contributed by atoms with Crippen molar-refractivity contribution in [2.45, 2.75) is 39.0 Å². The van der Waals surface area contributed by atoms with Crippen LogP contribution in [0, 0.1) is 5.41 Å². The van der Waals surface area contributed by atoms with Crippen LogP contribution in [0.3, 0.4) is 0 Å². The van der Waals surface area contributed by atoms with Gasteiger partial charge < -0.3 is 10.2 Å². The highest BCUT2D eigenvalue weighted by Gasteiger charge is 2.26. The summed E-state index contributed by atoms with van der Waals surface area (Å²) in [5.74, 6) is 0. The van der Waals surface area contributed by atoms with E-state index in [9.17, 15) is 10.2 Å². The highest BCUT2D eigenvalue weighted by atomic mass is 16.3. The Bertz CT molecular complexity index is 291. The molecule has 0 unspecified atom stereocenters. The number of aliphatic hydroxyl groups is 2. The number of hydrogen-bond donors (Lipinski definition) is 2. The Hall–Kier alpha value is -0.860. The summed E-state index contributed by atoms with van der Waals surface area (Å²) in [5, 5.41) is 18.9. The molecule has 0 aromatic heterocycles. The molecule has 0 saturated carbocycles. The van der Waals surface area contributed by atoms with E-state index in [0.29, 0.717) is 0 Å². The second-order valence-corrected chi connectivity index (χ2v) is 4.91. The first-order valence-corrected chi connectivity index (χ1v) is 6.52. The normalized spacial score (nSPS) is 11.7. The minimum absolute atomic E-state index is 0.0894. The van der Waals surface area contributed by atoms with Gasteiger partial charge in [0.05, 0.1) is 13.2 Å². The molecule has 2 nitrogen and oxygen atoms in total. The Labute approximate surface area is 104 Å². The summed E-state index contributed by atoms with van der Waals surface area (Å²) in [7, 11) is 0. The lowest BCUT2D eigenvalue weighted by atomic mass is 9.80. The number of rotatable bonds is 8. The topological polar surface area (TPSA) is 40.5 Å². The summed E-state index contributed by atoms with van der Waals surface area (Å²) in [4.78, 5) is 0. The minimum Gasteiger partial charge on any atom is -0.396 e. The van der Waals surface area contributed by atoms with Gasteiger partial charge in [0.25, 0.3) is 0 Å². The zero-order valence-electron chi connectivity index (χ0n) is 10.7. The quantitative estimate of drug-likeness (QED) is 0.728. The predicted molar refractivity (Wildman–Crippen MR) is 70.9 cm³/mol. The van der Waals surface area contributed by atoms with E-state index in [1.165, 1.54) is 5.56 Å². The zero-order chi connectivity index (χ0) is 12.6. The lowest BCUT2D eigenvalue weighted by Crippen LogP contribution is -2.29. The number of benzene rings is 1. The molecule has 0 fully saturated rings. The Balaban J connectivity index is 2.42. The van der Waals surface area contributed by atoms with Gasteiger partial charge in [0.2, 0.25) is 0 Å². The molecular weight excluding hydrogens is 212 g/mol.